The molecule has 2 aliphatic rings. The third kappa shape index (κ3) is 3.46. The Labute approximate surface area is 93.8 Å². The molecule has 1 aliphatic carbocycles. The van der Waals surface area contributed by atoms with Gasteiger partial charge in [0.2, 0.25) is 0 Å². The third-order valence-electron chi connectivity index (χ3n) is 3.98. The topological polar surface area (TPSA) is 21.3 Å². The standard InChI is InChI=1S/C13H25NO/c1-13(2)7-5-12(6-8-13)15-10-11-4-3-9-14-11/h11-12,14H,3-10H2,1-2H3/t11-/m1/s1. The van der Waals surface area contributed by atoms with Crippen LogP contribution in [0.15, 0.2) is 0 Å². The van der Waals surface area contributed by atoms with Crippen molar-refractivity contribution in [1.82, 2.24) is 5.32 Å². The lowest BCUT2D eigenvalue weighted by Crippen LogP contribution is -2.32. The number of ether oxygens (including phenoxy) is 1. The molecule has 15 heavy (non-hydrogen) atoms. The van der Waals surface area contributed by atoms with E-state index in [0.29, 0.717) is 17.6 Å². The molecule has 0 aromatic heterocycles. The highest BCUT2D eigenvalue weighted by Gasteiger charge is 2.27. The van der Waals surface area contributed by atoms with Crippen LogP contribution in [0.2, 0.25) is 0 Å². The van der Waals surface area contributed by atoms with Gasteiger partial charge in [0.25, 0.3) is 0 Å². The van der Waals surface area contributed by atoms with E-state index in [-0.39, 0.29) is 0 Å². The molecule has 2 rings (SSSR count). The molecule has 2 fully saturated rings. The summed E-state index contributed by atoms with van der Waals surface area (Å²) in [6.07, 6.45) is 8.36. The number of hydrogen-bond acceptors (Lipinski definition) is 2. The van der Waals surface area contributed by atoms with Gasteiger partial charge in [0.05, 0.1) is 12.7 Å². The van der Waals surface area contributed by atoms with Crippen LogP contribution in [0.5, 0.6) is 0 Å². The first-order valence-corrected chi connectivity index (χ1v) is 6.51. The van der Waals surface area contributed by atoms with Crippen LogP contribution in [0.3, 0.4) is 0 Å². The van der Waals surface area contributed by atoms with Crippen molar-refractivity contribution in [2.75, 3.05) is 13.2 Å². The molecule has 1 aliphatic heterocycles. The van der Waals surface area contributed by atoms with Gasteiger partial charge in [-0.3, -0.25) is 0 Å². The Hall–Kier alpha value is -0.0800. The Bertz CT molecular complexity index is 187. The van der Waals surface area contributed by atoms with Gasteiger partial charge in [0.1, 0.15) is 0 Å². The minimum absolute atomic E-state index is 0.542. The van der Waals surface area contributed by atoms with E-state index in [1.165, 1.54) is 45.1 Å². The summed E-state index contributed by atoms with van der Waals surface area (Å²) in [6, 6.07) is 0.639. The SMILES string of the molecule is CC1(C)CCC(OC[C@H]2CCCN2)CC1. The lowest BCUT2D eigenvalue weighted by atomic mass is 9.76. The zero-order chi connectivity index (χ0) is 10.7. The lowest BCUT2D eigenvalue weighted by molar-refractivity contribution is -0.00352. The molecular formula is C13H25NO. The summed E-state index contributed by atoms with van der Waals surface area (Å²) in [7, 11) is 0. The maximum atomic E-state index is 6.00. The fourth-order valence-corrected chi connectivity index (χ4v) is 2.69. The second-order valence-corrected chi connectivity index (χ2v) is 5.99. The zero-order valence-corrected chi connectivity index (χ0v) is 10.2. The van der Waals surface area contributed by atoms with Crippen molar-refractivity contribution in [3.05, 3.63) is 0 Å². The summed E-state index contributed by atoms with van der Waals surface area (Å²) < 4.78 is 6.00. The predicted molar refractivity (Wildman–Crippen MR) is 63.0 cm³/mol. The molecule has 1 heterocycles. The largest absolute Gasteiger partial charge is 0.377 e. The Morgan fingerprint density at radius 2 is 1.93 bits per heavy atom. The van der Waals surface area contributed by atoms with Crippen LogP contribution in [0.1, 0.15) is 52.4 Å². The smallest absolute Gasteiger partial charge is 0.0623 e. The van der Waals surface area contributed by atoms with E-state index < -0.39 is 0 Å². The molecule has 0 spiro atoms. The normalized spacial score (nSPS) is 32.0. The van der Waals surface area contributed by atoms with Gasteiger partial charge >= 0.3 is 0 Å². The van der Waals surface area contributed by atoms with Crippen LogP contribution in [-0.2, 0) is 4.74 Å². The number of hydrogen-bond donors (Lipinski definition) is 1. The van der Waals surface area contributed by atoms with E-state index in [2.05, 4.69) is 19.2 Å². The summed E-state index contributed by atoms with van der Waals surface area (Å²) in [5.41, 5.74) is 0.561. The maximum Gasteiger partial charge on any atom is 0.0623 e. The highest BCUT2D eigenvalue weighted by atomic mass is 16.5. The molecule has 0 amide bonds. The first-order valence-electron chi connectivity index (χ1n) is 6.51. The van der Waals surface area contributed by atoms with Crippen LogP contribution < -0.4 is 5.32 Å². The van der Waals surface area contributed by atoms with E-state index in [1.807, 2.05) is 0 Å². The molecule has 1 N–H and O–H groups in total. The monoisotopic (exact) mass is 211 g/mol. The molecular weight excluding hydrogens is 186 g/mol. The van der Waals surface area contributed by atoms with Gasteiger partial charge in [-0.1, -0.05) is 13.8 Å². The molecule has 1 atom stereocenters. The molecule has 0 bridgehead atoms. The Balaban J connectivity index is 1.64. The fourth-order valence-electron chi connectivity index (χ4n) is 2.69. The summed E-state index contributed by atoms with van der Waals surface area (Å²) in [4.78, 5) is 0. The minimum atomic E-state index is 0.542. The van der Waals surface area contributed by atoms with Gasteiger partial charge in [0.15, 0.2) is 0 Å². The van der Waals surface area contributed by atoms with Crippen LogP contribution >= 0.6 is 0 Å². The van der Waals surface area contributed by atoms with Gasteiger partial charge in [-0.15, -0.1) is 0 Å². The first-order chi connectivity index (χ1) is 7.16. The second-order valence-electron chi connectivity index (χ2n) is 5.99. The fraction of sp³-hybridized carbons (Fsp3) is 1.00. The molecule has 1 saturated heterocycles. The van der Waals surface area contributed by atoms with Crippen molar-refractivity contribution in [2.24, 2.45) is 5.41 Å². The Morgan fingerprint density at radius 1 is 1.20 bits per heavy atom. The van der Waals surface area contributed by atoms with Crippen LogP contribution in [0, 0.1) is 5.41 Å². The van der Waals surface area contributed by atoms with Crippen molar-refractivity contribution in [1.29, 1.82) is 0 Å². The number of rotatable bonds is 3. The highest BCUT2D eigenvalue weighted by Crippen LogP contribution is 2.36. The van der Waals surface area contributed by atoms with Gasteiger partial charge in [-0.05, 0) is 50.5 Å². The molecule has 88 valence electrons. The number of nitrogens with one attached hydrogen (secondary N) is 1. The van der Waals surface area contributed by atoms with E-state index in [0.717, 1.165) is 6.61 Å². The van der Waals surface area contributed by atoms with E-state index in [4.69, 9.17) is 4.74 Å². The van der Waals surface area contributed by atoms with Crippen LogP contribution in [0.25, 0.3) is 0 Å². The van der Waals surface area contributed by atoms with Gasteiger partial charge in [0, 0.05) is 6.04 Å². The summed E-state index contributed by atoms with van der Waals surface area (Å²) in [5, 5.41) is 3.49. The van der Waals surface area contributed by atoms with Crippen molar-refractivity contribution in [2.45, 2.75) is 64.5 Å². The van der Waals surface area contributed by atoms with Gasteiger partial charge in [-0.2, -0.15) is 0 Å². The Morgan fingerprint density at radius 3 is 2.53 bits per heavy atom. The molecule has 0 aromatic carbocycles. The van der Waals surface area contributed by atoms with Gasteiger partial charge in [-0.25, -0.2) is 0 Å². The minimum Gasteiger partial charge on any atom is -0.377 e. The quantitative estimate of drug-likeness (QED) is 0.775. The van der Waals surface area contributed by atoms with Crippen molar-refractivity contribution < 1.29 is 4.74 Å². The van der Waals surface area contributed by atoms with E-state index >= 15 is 0 Å². The summed E-state index contributed by atoms with van der Waals surface area (Å²) in [5.74, 6) is 0. The highest BCUT2D eigenvalue weighted by molar-refractivity contribution is 4.80. The first kappa shape index (κ1) is 11.4. The van der Waals surface area contributed by atoms with Crippen molar-refractivity contribution >= 4 is 0 Å². The molecule has 0 aromatic rings. The molecule has 1 saturated carbocycles. The predicted octanol–water partition coefficient (Wildman–Crippen LogP) is 2.72. The van der Waals surface area contributed by atoms with Crippen molar-refractivity contribution in [3.63, 3.8) is 0 Å². The molecule has 2 nitrogen and oxygen atoms in total. The summed E-state index contributed by atoms with van der Waals surface area (Å²) >= 11 is 0. The zero-order valence-electron chi connectivity index (χ0n) is 10.2. The average Bonchev–Trinajstić information content (AvgIpc) is 2.69. The van der Waals surface area contributed by atoms with Crippen LogP contribution in [-0.4, -0.2) is 25.3 Å². The van der Waals surface area contributed by atoms with E-state index in [1.54, 1.807) is 0 Å². The summed E-state index contributed by atoms with van der Waals surface area (Å²) in [6.45, 7) is 6.88. The molecule has 2 heteroatoms. The maximum absolute atomic E-state index is 6.00. The van der Waals surface area contributed by atoms with E-state index in [9.17, 15) is 0 Å². The van der Waals surface area contributed by atoms with Crippen molar-refractivity contribution in [3.8, 4) is 0 Å². The van der Waals surface area contributed by atoms with Gasteiger partial charge < -0.3 is 10.1 Å². The second kappa shape index (κ2) is 4.84. The molecule has 0 radical (unpaired) electrons. The average molecular weight is 211 g/mol. The lowest BCUT2D eigenvalue weighted by Gasteiger charge is -2.34. The Kier molecular flexibility index (Phi) is 3.68. The molecule has 0 unspecified atom stereocenters. The third-order valence-corrected chi connectivity index (χ3v) is 3.98. The van der Waals surface area contributed by atoms with Crippen LogP contribution in [0.4, 0.5) is 0 Å².